The predicted molar refractivity (Wildman–Crippen MR) is 139 cm³/mol. The Hall–Kier alpha value is -3.51. The van der Waals surface area contributed by atoms with Crippen LogP contribution < -0.4 is 9.47 Å². The molecule has 3 aromatic carbocycles. The number of carbonyl (C=O) groups excluding carboxylic acids is 1. The Morgan fingerprint density at radius 3 is 2.61 bits per heavy atom. The van der Waals surface area contributed by atoms with Gasteiger partial charge in [-0.15, -0.1) is 0 Å². The normalized spacial score (nSPS) is 16.5. The van der Waals surface area contributed by atoms with Crippen molar-refractivity contribution >= 4 is 23.5 Å². The summed E-state index contributed by atoms with van der Waals surface area (Å²) >= 11 is 6.05. The quantitative estimate of drug-likeness (QED) is 0.409. The summed E-state index contributed by atoms with van der Waals surface area (Å²) in [6, 6.07) is 20.9. The molecule has 0 fully saturated rings. The number of carboxylic acid groups (broad SMARTS) is 1. The van der Waals surface area contributed by atoms with Gasteiger partial charge in [0.15, 0.2) is 0 Å². The van der Waals surface area contributed by atoms with Crippen molar-refractivity contribution in [1.29, 1.82) is 0 Å². The van der Waals surface area contributed by atoms with Crippen molar-refractivity contribution < 1.29 is 24.2 Å². The van der Waals surface area contributed by atoms with E-state index in [-0.39, 0.29) is 24.7 Å². The molecule has 1 amide bonds. The molecule has 1 aliphatic heterocycles. The van der Waals surface area contributed by atoms with Gasteiger partial charge in [-0.05, 0) is 79.8 Å². The summed E-state index contributed by atoms with van der Waals surface area (Å²) in [5.74, 6) is -0.0519. The fourth-order valence-electron chi connectivity index (χ4n) is 4.45. The van der Waals surface area contributed by atoms with Gasteiger partial charge in [0.1, 0.15) is 30.3 Å². The average molecular weight is 508 g/mol. The predicted octanol–water partition coefficient (Wildman–Crippen LogP) is 5.58. The Bertz CT molecular complexity index is 1250. The Morgan fingerprint density at radius 1 is 1.11 bits per heavy atom. The first-order valence-electron chi connectivity index (χ1n) is 12.0. The monoisotopic (exact) mass is 507 g/mol. The van der Waals surface area contributed by atoms with Crippen molar-refractivity contribution in [2.24, 2.45) is 0 Å². The molecule has 1 unspecified atom stereocenters. The molecule has 0 saturated carbocycles. The molecule has 188 valence electrons. The van der Waals surface area contributed by atoms with Crippen LogP contribution in [-0.2, 0) is 17.6 Å². The summed E-state index contributed by atoms with van der Waals surface area (Å²) < 4.78 is 12.1. The maximum Gasteiger partial charge on any atom is 0.323 e. The molecule has 1 heterocycles. The van der Waals surface area contributed by atoms with E-state index in [1.165, 1.54) is 10.5 Å². The zero-order valence-corrected chi connectivity index (χ0v) is 21.3. The van der Waals surface area contributed by atoms with Gasteiger partial charge in [0.05, 0.1) is 6.54 Å². The number of amides is 1. The first kappa shape index (κ1) is 25.6. The van der Waals surface area contributed by atoms with Gasteiger partial charge in [0, 0.05) is 17.0 Å². The van der Waals surface area contributed by atoms with Gasteiger partial charge >= 0.3 is 5.97 Å². The second-order valence-corrected chi connectivity index (χ2v) is 9.82. The van der Waals surface area contributed by atoms with E-state index >= 15 is 0 Å². The maximum absolute atomic E-state index is 13.2. The number of ether oxygens (including phenoxy) is 2. The first-order chi connectivity index (χ1) is 17.2. The first-order valence-corrected chi connectivity index (χ1v) is 12.4. The van der Waals surface area contributed by atoms with Gasteiger partial charge < -0.3 is 19.5 Å². The van der Waals surface area contributed by atoms with Crippen LogP contribution >= 0.6 is 11.6 Å². The zero-order valence-electron chi connectivity index (χ0n) is 20.5. The van der Waals surface area contributed by atoms with Crippen molar-refractivity contribution in [3.05, 3.63) is 94.0 Å². The smallest absolute Gasteiger partial charge is 0.323 e. The number of benzene rings is 3. The van der Waals surface area contributed by atoms with Crippen LogP contribution in [0.15, 0.2) is 66.7 Å². The third kappa shape index (κ3) is 6.38. The number of hydrogen-bond acceptors (Lipinski definition) is 4. The Kier molecular flexibility index (Phi) is 7.85. The highest BCUT2D eigenvalue weighted by Crippen LogP contribution is 2.36. The SMILES string of the molecule is Cc1cc(OCCN(CC(=O)O)C(=O)c2ccc3c(c2)CCC(C)(Cc2ccccc2)O3)ccc1Cl. The second-order valence-electron chi connectivity index (χ2n) is 9.42. The van der Waals surface area contributed by atoms with Crippen molar-refractivity contribution in [2.45, 2.75) is 38.7 Å². The summed E-state index contributed by atoms with van der Waals surface area (Å²) in [6.07, 6.45) is 2.39. The number of carbonyl (C=O) groups is 2. The van der Waals surface area contributed by atoms with Crippen LogP contribution in [0.3, 0.4) is 0 Å². The molecule has 3 aromatic rings. The molecule has 7 heteroatoms. The second kappa shape index (κ2) is 11.0. The van der Waals surface area contributed by atoms with Crippen LogP contribution in [0.2, 0.25) is 5.02 Å². The molecule has 0 spiro atoms. The molecule has 36 heavy (non-hydrogen) atoms. The average Bonchev–Trinajstić information content (AvgIpc) is 2.85. The van der Waals surface area contributed by atoms with E-state index in [9.17, 15) is 14.7 Å². The van der Waals surface area contributed by atoms with Crippen LogP contribution in [0.5, 0.6) is 11.5 Å². The van der Waals surface area contributed by atoms with Crippen LogP contribution in [0, 0.1) is 6.92 Å². The lowest BCUT2D eigenvalue weighted by Gasteiger charge is -2.36. The molecule has 0 radical (unpaired) electrons. The minimum absolute atomic E-state index is 0.134. The third-order valence-electron chi connectivity index (χ3n) is 6.38. The Morgan fingerprint density at radius 2 is 1.89 bits per heavy atom. The fourth-order valence-corrected chi connectivity index (χ4v) is 4.57. The molecular weight excluding hydrogens is 478 g/mol. The molecule has 1 N–H and O–H groups in total. The van der Waals surface area contributed by atoms with Crippen LogP contribution in [0.25, 0.3) is 0 Å². The molecule has 0 aliphatic carbocycles. The molecule has 4 rings (SSSR count). The maximum atomic E-state index is 13.2. The highest BCUT2D eigenvalue weighted by molar-refractivity contribution is 6.31. The summed E-state index contributed by atoms with van der Waals surface area (Å²) in [4.78, 5) is 26.0. The molecule has 0 bridgehead atoms. The van der Waals surface area contributed by atoms with E-state index in [0.29, 0.717) is 16.3 Å². The van der Waals surface area contributed by atoms with Gasteiger partial charge in [0.25, 0.3) is 5.91 Å². The largest absolute Gasteiger partial charge is 0.492 e. The van der Waals surface area contributed by atoms with Crippen LogP contribution in [-0.4, -0.2) is 47.2 Å². The number of halogens is 1. The fraction of sp³-hybridized carbons (Fsp3) is 0.310. The lowest BCUT2D eigenvalue weighted by Crippen LogP contribution is -2.39. The molecule has 1 atom stereocenters. The highest BCUT2D eigenvalue weighted by atomic mass is 35.5. The number of hydrogen-bond donors (Lipinski definition) is 1. The van der Waals surface area contributed by atoms with Gasteiger partial charge in [-0.25, -0.2) is 0 Å². The van der Waals surface area contributed by atoms with Gasteiger partial charge in [-0.1, -0.05) is 41.9 Å². The standard InChI is InChI=1S/C29H30ClNO5/c1-20-16-24(9-10-25(20)30)35-15-14-31(19-27(32)33)28(34)23-8-11-26-22(17-23)12-13-29(2,36-26)18-21-6-4-3-5-7-21/h3-11,16-17H,12-15,18-19H2,1-2H3,(H,32,33). The van der Waals surface area contributed by atoms with Crippen LogP contribution in [0.4, 0.5) is 0 Å². The molecular formula is C29H30ClNO5. The van der Waals surface area contributed by atoms with E-state index < -0.39 is 12.5 Å². The van der Waals surface area contributed by atoms with Gasteiger partial charge in [0.2, 0.25) is 0 Å². The van der Waals surface area contributed by atoms with Crippen molar-refractivity contribution in [2.75, 3.05) is 19.7 Å². The molecule has 1 aliphatic rings. The van der Waals surface area contributed by atoms with Crippen LogP contribution in [0.1, 0.15) is 40.4 Å². The third-order valence-corrected chi connectivity index (χ3v) is 6.80. The van der Waals surface area contributed by atoms with Crippen molar-refractivity contribution in [3.8, 4) is 11.5 Å². The summed E-state index contributed by atoms with van der Waals surface area (Å²) in [6.45, 7) is 3.87. The zero-order chi connectivity index (χ0) is 25.7. The van der Waals surface area contributed by atoms with Crippen molar-refractivity contribution in [3.63, 3.8) is 0 Å². The minimum Gasteiger partial charge on any atom is -0.492 e. The molecule has 6 nitrogen and oxygen atoms in total. The Balaban J connectivity index is 1.43. The lowest BCUT2D eigenvalue weighted by atomic mass is 9.87. The van der Waals surface area contributed by atoms with E-state index in [4.69, 9.17) is 21.1 Å². The number of fused-ring (bicyclic) bond motifs is 1. The Labute approximate surface area is 216 Å². The highest BCUT2D eigenvalue weighted by Gasteiger charge is 2.32. The van der Waals surface area contributed by atoms with Crippen molar-refractivity contribution in [1.82, 2.24) is 4.90 Å². The number of carboxylic acids is 1. The van der Waals surface area contributed by atoms with E-state index in [2.05, 4.69) is 19.1 Å². The van der Waals surface area contributed by atoms with Gasteiger partial charge in [-0.3, -0.25) is 9.59 Å². The molecule has 0 saturated heterocycles. The number of nitrogens with zero attached hydrogens (tertiary/aromatic N) is 1. The topological polar surface area (TPSA) is 76.1 Å². The lowest BCUT2D eigenvalue weighted by molar-refractivity contribution is -0.137. The summed E-state index contributed by atoms with van der Waals surface area (Å²) in [5, 5.41) is 10.0. The number of aliphatic carboxylic acids is 1. The number of rotatable bonds is 9. The van der Waals surface area contributed by atoms with E-state index in [0.717, 1.165) is 36.1 Å². The molecule has 0 aromatic heterocycles. The van der Waals surface area contributed by atoms with E-state index in [1.807, 2.05) is 37.3 Å². The summed E-state index contributed by atoms with van der Waals surface area (Å²) in [5.41, 5.74) is 3.16. The summed E-state index contributed by atoms with van der Waals surface area (Å²) in [7, 11) is 0. The minimum atomic E-state index is -1.08. The van der Waals surface area contributed by atoms with Gasteiger partial charge in [-0.2, -0.15) is 0 Å². The number of aryl methyl sites for hydroxylation is 2. The van der Waals surface area contributed by atoms with E-state index in [1.54, 1.807) is 24.3 Å².